The van der Waals surface area contributed by atoms with E-state index in [2.05, 4.69) is 10.6 Å². The number of nitrogens with one attached hydrogen (secondary N) is 2. The van der Waals surface area contributed by atoms with E-state index in [-0.39, 0.29) is 11.9 Å². The van der Waals surface area contributed by atoms with Crippen molar-refractivity contribution in [1.29, 1.82) is 0 Å². The van der Waals surface area contributed by atoms with Gasteiger partial charge in [0.1, 0.15) is 5.75 Å². The molecule has 7 heteroatoms. The van der Waals surface area contributed by atoms with Gasteiger partial charge in [-0.25, -0.2) is 13.2 Å². The number of amides is 2. The number of hydrogen-bond acceptors (Lipinski definition) is 4. The van der Waals surface area contributed by atoms with Crippen molar-refractivity contribution >= 4 is 21.6 Å². The van der Waals surface area contributed by atoms with Gasteiger partial charge in [-0.1, -0.05) is 6.07 Å². The molecule has 3 rings (SSSR count). The van der Waals surface area contributed by atoms with Crippen LogP contribution >= 0.6 is 0 Å². The quantitative estimate of drug-likeness (QED) is 0.884. The van der Waals surface area contributed by atoms with Crippen molar-refractivity contribution in [2.24, 2.45) is 0 Å². The Morgan fingerprint density at radius 2 is 2.00 bits per heavy atom. The van der Waals surface area contributed by atoms with Gasteiger partial charge in [-0.2, -0.15) is 0 Å². The van der Waals surface area contributed by atoms with Gasteiger partial charge in [0, 0.05) is 17.2 Å². The van der Waals surface area contributed by atoms with Gasteiger partial charge in [-0.05, 0) is 43.9 Å². The third-order valence-electron chi connectivity index (χ3n) is 3.94. The fourth-order valence-corrected chi connectivity index (χ4v) is 4.08. The summed E-state index contributed by atoms with van der Waals surface area (Å²) in [6.45, 7) is 0. The van der Waals surface area contributed by atoms with Gasteiger partial charge >= 0.3 is 6.03 Å². The van der Waals surface area contributed by atoms with Crippen LogP contribution in [0.1, 0.15) is 25.7 Å². The number of ether oxygens (including phenoxy) is 1. The van der Waals surface area contributed by atoms with Crippen LogP contribution in [0.4, 0.5) is 10.5 Å². The molecule has 2 N–H and O–H groups in total. The van der Waals surface area contributed by atoms with Crippen molar-refractivity contribution < 1.29 is 17.9 Å². The van der Waals surface area contributed by atoms with Crippen LogP contribution in [0.15, 0.2) is 35.7 Å². The van der Waals surface area contributed by atoms with Gasteiger partial charge in [-0.3, -0.25) is 0 Å². The summed E-state index contributed by atoms with van der Waals surface area (Å²) in [5, 5.41) is 6.45. The van der Waals surface area contributed by atoms with Crippen LogP contribution in [-0.2, 0) is 9.84 Å². The standard InChI is InChI=1S/C16H20N2O4S/c19-16(18-13-8-9-23(20,21)11-13)17-12-4-3-7-15(10-12)22-14-5-1-2-6-14/h3-4,7-10,13-14H,1-2,5-6,11H2,(H2,17,18,19)/t13-/m0/s1. The second-order valence-electron chi connectivity index (χ2n) is 5.92. The first kappa shape index (κ1) is 15.9. The van der Waals surface area contributed by atoms with Crippen LogP contribution in [0, 0.1) is 0 Å². The van der Waals surface area contributed by atoms with Crippen molar-refractivity contribution in [2.75, 3.05) is 11.1 Å². The molecule has 23 heavy (non-hydrogen) atoms. The Bertz CT molecular complexity index is 709. The molecule has 1 atom stereocenters. The fourth-order valence-electron chi connectivity index (χ4n) is 2.85. The first-order chi connectivity index (χ1) is 11.0. The Labute approximate surface area is 135 Å². The van der Waals surface area contributed by atoms with Crippen LogP contribution in [0.25, 0.3) is 0 Å². The lowest BCUT2D eigenvalue weighted by Crippen LogP contribution is -2.38. The Balaban J connectivity index is 1.55. The first-order valence-corrected chi connectivity index (χ1v) is 9.47. The highest BCUT2D eigenvalue weighted by Gasteiger charge is 2.23. The van der Waals surface area contributed by atoms with E-state index in [1.54, 1.807) is 12.1 Å². The average molecular weight is 336 g/mol. The Morgan fingerprint density at radius 1 is 1.22 bits per heavy atom. The van der Waals surface area contributed by atoms with Crippen molar-refractivity contribution in [1.82, 2.24) is 5.32 Å². The predicted molar refractivity (Wildman–Crippen MR) is 88.2 cm³/mol. The number of carbonyl (C=O) groups excluding carboxylic acids is 1. The van der Waals surface area contributed by atoms with Crippen molar-refractivity contribution in [3.05, 3.63) is 35.7 Å². The van der Waals surface area contributed by atoms with Gasteiger partial charge < -0.3 is 15.4 Å². The molecule has 0 radical (unpaired) electrons. The van der Waals surface area contributed by atoms with Crippen LogP contribution < -0.4 is 15.4 Å². The summed E-state index contributed by atoms with van der Waals surface area (Å²) in [6, 6.07) is 6.31. The van der Waals surface area contributed by atoms with E-state index < -0.39 is 21.9 Å². The van der Waals surface area contributed by atoms with Crippen molar-refractivity contribution in [2.45, 2.75) is 37.8 Å². The SMILES string of the molecule is O=C(Nc1cccc(OC2CCCC2)c1)N[C@H]1C=CS(=O)(=O)C1. The summed E-state index contributed by atoms with van der Waals surface area (Å²) < 4.78 is 28.5. The van der Waals surface area contributed by atoms with E-state index in [4.69, 9.17) is 4.74 Å². The summed E-state index contributed by atoms with van der Waals surface area (Å²) in [6.07, 6.45) is 6.27. The molecule has 1 heterocycles. The Hall–Kier alpha value is -2.02. The zero-order valence-electron chi connectivity index (χ0n) is 12.7. The van der Waals surface area contributed by atoms with Gasteiger partial charge in [0.25, 0.3) is 0 Å². The fraction of sp³-hybridized carbons (Fsp3) is 0.438. The highest BCUT2D eigenvalue weighted by molar-refractivity contribution is 7.94. The molecule has 2 amide bonds. The van der Waals surface area contributed by atoms with E-state index in [1.807, 2.05) is 12.1 Å². The first-order valence-electron chi connectivity index (χ1n) is 7.75. The van der Waals surface area contributed by atoms with Gasteiger partial charge in [0.15, 0.2) is 9.84 Å². The summed E-state index contributed by atoms with van der Waals surface area (Å²) in [5.41, 5.74) is 0.614. The number of rotatable bonds is 4. The molecule has 1 aromatic carbocycles. The maximum Gasteiger partial charge on any atom is 0.319 e. The summed E-state index contributed by atoms with van der Waals surface area (Å²) >= 11 is 0. The monoisotopic (exact) mass is 336 g/mol. The van der Waals surface area contributed by atoms with Crippen LogP contribution in [0.5, 0.6) is 5.75 Å². The lowest BCUT2D eigenvalue weighted by Gasteiger charge is -2.15. The maximum atomic E-state index is 11.9. The number of sulfone groups is 1. The molecule has 1 aliphatic carbocycles. The Morgan fingerprint density at radius 3 is 2.70 bits per heavy atom. The van der Waals surface area contributed by atoms with E-state index in [1.165, 1.54) is 18.9 Å². The minimum atomic E-state index is -3.18. The molecule has 6 nitrogen and oxygen atoms in total. The second kappa shape index (κ2) is 6.62. The second-order valence-corrected chi connectivity index (χ2v) is 7.85. The predicted octanol–water partition coefficient (Wildman–Crippen LogP) is 2.44. The van der Waals surface area contributed by atoms with E-state index >= 15 is 0 Å². The Kier molecular flexibility index (Phi) is 4.56. The highest BCUT2D eigenvalue weighted by atomic mass is 32.2. The molecule has 0 bridgehead atoms. The maximum absolute atomic E-state index is 11.9. The van der Waals surface area contributed by atoms with E-state index in [0.717, 1.165) is 24.0 Å². The smallest absolute Gasteiger partial charge is 0.319 e. The number of anilines is 1. The van der Waals surface area contributed by atoms with Crippen LogP contribution in [0.3, 0.4) is 0 Å². The lowest BCUT2D eigenvalue weighted by molar-refractivity contribution is 0.210. The summed E-state index contributed by atoms with van der Waals surface area (Å²) in [4.78, 5) is 11.9. The molecular formula is C16H20N2O4S. The van der Waals surface area contributed by atoms with E-state index in [9.17, 15) is 13.2 Å². The molecule has 0 unspecified atom stereocenters. The molecule has 1 fully saturated rings. The zero-order valence-corrected chi connectivity index (χ0v) is 13.5. The normalized spacial score (nSPS) is 22.9. The minimum Gasteiger partial charge on any atom is -0.490 e. The third kappa shape index (κ3) is 4.48. The minimum absolute atomic E-state index is 0.0920. The summed E-state index contributed by atoms with van der Waals surface area (Å²) in [7, 11) is -3.18. The van der Waals surface area contributed by atoms with Crippen molar-refractivity contribution in [3.63, 3.8) is 0 Å². The van der Waals surface area contributed by atoms with Crippen LogP contribution in [0.2, 0.25) is 0 Å². The molecule has 124 valence electrons. The lowest BCUT2D eigenvalue weighted by atomic mass is 10.2. The number of benzene rings is 1. The molecular weight excluding hydrogens is 316 g/mol. The summed E-state index contributed by atoms with van der Waals surface area (Å²) in [5.74, 6) is 0.642. The third-order valence-corrected chi connectivity index (χ3v) is 5.34. The largest absolute Gasteiger partial charge is 0.490 e. The highest BCUT2D eigenvalue weighted by Crippen LogP contribution is 2.25. The van der Waals surface area contributed by atoms with Gasteiger partial charge in [0.2, 0.25) is 0 Å². The van der Waals surface area contributed by atoms with Crippen molar-refractivity contribution in [3.8, 4) is 5.75 Å². The zero-order chi connectivity index (χ0) is 16.3. The molecule has 0 aromatic heterocycles. The molecule has 1 aromatic rings. The number of hydrogen-bond donors (Lipinski definition) is 2. The molecule has 2 aliphatic rings. The topological polar surface area (TPSA) is 84.5 Å². The molecule has 1 aliphatic heterocycles. The number of urea groups is 1. The molecule has 1 saturated carbocycles. The average Bonchev–Trinajstić information content (AvgIpc) is 3.09. The number of carbonyl (C=O) groups is 1. The van der Waals surface area contributed by atoms with Gasteiger partial charge in [0.05, 0.1) is 17.9 Å². The molecule has 0 saturated heterocycles. The molecule has 0 spiro atoms. The van der Waals surface area contributed by atoms with Gasteiger partial charge in [-0.15, -0.1) is 0 Å². The van der Waals surface area contributed by atoms with Crippen LogP contribution in [-0.4, -0.2) is 32.3 Å². The van der Waals surface area contributed by atoms with E-state index in [0.29, 0.717) is 5.69 Å².